The second kappa shape index (κ2) is 3.95. The van der Waals surface area contributed by atoms with Crippen LogP contribution in [0.5, 0.6) is 0 Å². The third kappa shape index (κ3) is 2.03. The van der Waals surface area contributed by atoms with Crippen molar-refractivity contribution in [1.82, 2.24) is 9.80 Å². The highest BCUT2D eigenvalue weighted by atomic mass is 16.5. The molecule has 0 aromatic rings. The fraction of sp³-hybridized carbons (Fsp3) is 1.00. The number of methoxy groups -OCH3 is 1. The van der Waals surface area contributed by atoms with Gasteiger partial charge in [-0.1, -0.05) is 0 Å². The Balaban J connectivity index is 1.82. The molecule has 0 spiro atoms. The Bertz CT molecular complexity index is 174. The summed E-state index contributed by atoms with van der Waals surface area (Å²) in [4.78, 5) is 5.02. The molecule has 0 bridgehead atoms. The van der Waals surface area contributed by atoms with Crippen LogP contribution in [0, 0.1) is 0 Å². The molecule has 1 unspecified atom stereocenters. The number of hydrogen-bond acceptors (Lipinski definition) is 3. The molecule has 0 aliphatic carbocycles. The highest BCUT2D eigenvalue weighted by Gasteiger charge is 2.31. The van der Waals surface area contributed by atoms with Gasteiger partial charge in [-0.15, -0.1) is 0 Å². The first-order valence-corrected chi connectivity index (χ1v) is 5.25. The summed E-state index contributed by atoms with van der Waals surface area (Å²) in [6.07, 6.45) is 3.05. The van der Waals surface area contributed by atoms with Crippen molar-refractivity contribution < 1.29 is 4.74 Å². The van der Waals surface area contributed by atoms with Gasteiger partial charge in [0.05, 0.1) is 6.10 Å². The van der Waals surface area contributed by atoms with E-state index in [0.29, 0.717) is 6.10 Å². The van der Waals surface area contributed by atoms with Gasteiger partial charge in [0.2, 0.25) is 0 Å². The standard InChI is InChI=1S/C10H20N2O/c1-11-5-3-9(7-11)12-6-4-10(8-12)13-2/h9-10H,3-8H2,1-2H3/t9?,10-/m1/s1. The van der Waals surface area contributed by atoms with E-state index in [2.05, 4.69) is 16.8 Å². The highest BCUT2D eigenvalue weighted by Crippen LogP contribution is 2.20. The molecule has 3 nitrogen and oxygen atoms in total. The third-order valence-corrected chi connectivity index (χ3v) is 3.39. The Hall–Kier alpha value is -0.120. The zero-order chi connectivity index (χ0) is 9.26. The molecule has 0 N–H and O–H groups in total. The SMILES string of the molecule is CO[C@@H]1CCN(C2CCN(C)C2)C1. The average Bonchev–Trinajstić information content (AvgIpc) is 2.71. The van der Waals surface area contributed by atoms with Crippen molar-refractivity contribution in [3.8, 4) is 0 Å². The minimum absolute atomic E-state index is 0.492. The molecular weight excluding hydrogens is 164 g/mol. The largest absolute Gasteiger partial charge is 0.380 e. The van der Waals surface area contributed by atoms with E-state index in [0.717, 1.165) is 12.6 Å². The first-order chi connectivity index (χ1) is 6.29. The maximum atomic E-state index is 5.37. The molecule has 0 aromatic carbocycles. The second-order valence-electron chi connectivity index (χ2n) is 4.35. The van der Waals surface area contributed by atoms with Crippen LogP contribution >= 0.6 is 0 Å². The van der Waals surface area contributed by atoms with Crippen molar-refractivity contribution in [3.05, 3.63) is 0 Å². The van der Waals surface area contributed by atoms with Gasteiger partial charge in [-0.05, 0) is 26.4 Å². The van der Waals surface area contributed by atoms with Crippen molar-refractivity contribution in [3.63, 3.8) is 0 Å². The molecule has 0 amide bonds. The topological polar surface area (TPSA) is 15.7 Å². The van der Waals surface area contributed by atoms with Crippen LogP contribution in [-0.2, 0) is 4.74 Å². The zero-order valence-corrected chi connectivity index (χ0v) is 8.70. The summed E-state index contributed by atoms with van der Waals surface area (Å²) in [6, 6.07) is 0.796. The van der Waals surface area contributed by atoms with Crippen LogP contribution in [0.25, 0.3) is 0 Å². The lowest BCUT2D eigenvalue weighted by atomic mass is 10.2. The van der Waals surface area contributed by atoms with Crippen molar-refractivity contribution in [2.24, 2.45) is 0 Å². The van der Waals surface area contributed by atoms with Gasteiger partial charge in [0, 0.05) is 32.8 Å². The number of rotatable bonds is 2. The Labute approximate surface area is 80.6 Å². The van der Waals surface area contributed by atoms with Gasteiger partial charge in [-0.3, -0.25) is 4.90 Å². The molecule has 0 saturated carbocycles. The minimum atomic E-state index is 0.492. The molecular formula is C10H20N2O. The second-order valence-corrected chi connectivity index (χ2v) is 4.35. The lowest BCUT2D eigenvalue weighted by Crippen LogP contribution is -2.36. The minimum Gasteiger partial charge on any atom is -0.380 e. The third-order valence-electron chi connectivity index (χ3n) is 3.39. The van der Waals surface area contributed by atoms with Gasteiger partial charge >= 0.3 is 0 Å². The summed E-state index contributed by atoms with van der Waals surface area (Å²) < 4.78 is 5.37. The number of likely N-dealkylation sites (tertiary alicyclic amines) is 2. The van der Waals surface area contributed by atoms with Gasteiger partial charge in [0.25, 0.3) is 0 Å². The van der Waals surface area contributed by atoms with E-state index >= 15 is 0 Å². The fourth-order valence-electron chi connectivity index (χ4n) is 2.49. The normalized spacial score (nSPS) is 37.4. The van der Waals surface area contributed by atoms with Crippen LogP contribution in [0.15, 0.2) is 0 Å². The maximum absolute atomic E-state index is 5.37. The monoisotopic (exact) mass is 184 g/mol. The number of ether oxygens (including phenoxy) is 1. The first kappa shape index (κ1) is 9.44. The van der Waals surface area contributed by atoms with Crippen LogP contribution < -0.4 is 0 Å². The van der Waals surface area contributed by atoms with E-state index in [9.17, 15) is 0 Å². The van der Waals surface area contributed by atoms with Crippen LogP contribution in [0.4, 0.5) is 0 Å². The smallest absolute Gasteiger partial charge is 0.0710 e. The summed E-state index contributed by atoms with van der Waals surface area (Å²) in [5, 5.41) is 0. The Morgan fingerprint density at radius 1 is 1.15 bits per heavy atom. The molecule has 2 heterocycles. The molecule has 2 rings (SSSR count). The van der Waals surface area contributed by atoms with E-state index in [1.807, 2.05) is 7.11 Å². The Kier molecular flexibility index (Phi) is 2.86. The number of nitrogens with zero attached hydrogens (tertiary/aromatic N) is 2. The first-order valence-electron chi connectivity index (χ1n) is 5.25. The van der Waals surface area contributed by atoms with Crippen molar-refractivity contribution in [1.29, 1.82) is 0 Å². The van der Waals surface area contributed by atoms with E-state index in [1.165, 1.54) is 32.5 Å². The Morgan fingerprint density at radius 2 is 2.00 bits per heavy atom. The summed E-state index contributed by atoms with van der Waals surface area (Å²) in [7, 11) is 4.04. The van der Waals surface area contributed by atoms with Gasteiger partial charge in [0.1, 0.15) is 0 Å². The van der Waals surface area contributed by atoms with E-state index in [4.69, 9.17) is 4.74 Å². The van der Waals surface area contributed by atoms with Gasteiger partial charge in [-0.25, -0.2) is 0 Å². The van der Waals surface area contributed by atoms with Gasteiger partial charge < -0.3 is 9.64 Å². The van der Waals surface area contributed by atoms with E-state index in [-0.39, 0.29) is 0 Å². The van der Waals surface area contributed by atoms with E-state index in [1.54, 1.807) is 0 Å². The summed E-state index contributed by atoms with van der Waals surface area (Å²) in [5.74, 6) is 0. The quantitative estimate of drug-likeness (QED) is 0.618. The van der Waals surface area contributed by atoms with Gasteiger partial charge in [0.15, 0.2) is 0 Å². The van der Waals surface area contributed by atoms with Crippen molar-refractivity contribution >= 4 is 0 Å². The molecule has 2 fully saturated rings. The molecule has 13 heavy (non-hydrogen) atoms. The fourth-order valence-corrected chi connectivity index (χ4v) is 2.49. The van der Waals surface area contributed by atoms with Gasteiger partial charge in [-0.2, -0.15) is 0 Å². The molecule has 0 radical (unpaired) electrons. The van der Waals surface area contributed by atoms with Crippen LogP contribution in [0.2, 0.25) is 0 Å². The van der Waals surface area contributed by atoms with E-state index < -0.39 is 0 Å². The van der Waals surface area contributed by atoms with Crippen LogP contribution in [-0.4, -0.2) is 62.3 Å². The van der Waals surface area contributed by atoms with Crippen LogP contribution in [0.1, 0.15) is 12.8 Å². The van der Waals surface area contributed by atoms with Crippen molar-refractivity contribution in [2.75, 3.05) is 40.3 Å². The molecule has 2 aliphatic heterocycles. The highest BCUT2D eigenvalue weighted by molar-refractivity contribution is 4.87. The number of hydrogen-bond donors (Lipinski definition) is 0. The summed E-state index contributed by atoms with van der Waals surface area (Å²) in [5.41, 5.74) is 0. The molecule has 2 saturated heterocycles. The maximum Gasteiger partial charge on any atom is 0.0710 e. The summed E-state index contributed by atoms with van der Waals surface area (Å²) in [6.45, 7) is 4.89. The lowest BCUT2D eigenvalue weighted by Gasteiger charge is -2.23. The van der Waals surface area contributed by atoms with Crippen LogP contribution in [0.3, 0.4) is 0 Å². The number of likely N-dealkylation sites (N-methyl/N-ethyl adjacent to an activating group) is 1. The molecule has 3 heteroatoms. The lowest BCUT2D eigenvalue weighted by molar-refractivity contribution is 0.101. The molecule has 2 aliphatic rings. The summed E-state index contributed by atoms with van der Waals surface area (Å²) >= 11 is 0. The molecule has 2 atom stereocenters. The van der Waals surface area contributed by atoms with Crippen molar-refractivity contribution in [2.45, 2.75) is 25.0 Å². The predicted molar refractivity (Wildman–Crippen MR) is 52.9 cm³/mol. The Morgan fingerprint density at radius 3 is 2.54 bits per heavy atom. The molecule has 0 aromatic heterocycles. The predicted octanol–water partition coefficient (Wildman–Crippen LogP) is 0.411. The average molecular weight is 184 g/mol. The molecule has 76 valence electrons. The zero-order valence-electron chi connectivity index (χ0n) is 8.70.